The summed E-state index contributed by atoms with van der Waals surface area (Å²) in [5, 5.41) is 1.77. The largest absolute Gasteiger partial charge is 0.350 e. The van der Waals surface area contributed by atoms with E-state index in [1.807, 2.05) is 6.07 Å². The van der Waals surface area contributed by atoms with Crippen LogP contribution in [0.1, 0.15) is 39.1 Å². The monoisotopic (exact) mass is 429 g/mol. The van der Waals surface area contributed by atoms with Gasteiger partial charge in [-0.2, -0.15) is 0 Å². The van der Waals surface area contributed by atoms with Crippen molar-refractivity contribution < 1.29 is 0 Å². The predicted octanol–water partition coefficient (Wildman–Crippen LogP) is 6.53. The number of aromatic nitrogens is 2. The molecular weight excluding hydrogens is 402 g/mol. The molecule has 0 N–H and O–H groups in total. The summed E-state index contributed by atoms with van der Waals surface area (Å²) in [6.07, 6.45) is 1.03. The molecule has 1 aliphatic rings. The highest BCUT2D eigenvalue weighted by atomic mass is 35.5. The number of halogens is 1. The minimum Gasteiger partial charge on any atom is -0.350 e. The number of anilines is 1. The van der Waals surface area contributed by atoms with Crippen LogP contribution in [-0.4, -0.2) is 16.1 Å². The van der Waals surface area contributed by atoms with Crippen LogP contribution in [0.5, 0.6) is 0 Å². The summed E-state index contributed by atoms with van der Waals surface area (Å²) in [4.78, 5) is 7.26. The number of rotatable bonds is 3. The summed E-state index contributed by atoms with van der Waals surface area (Å²) in [5.74, 6) is 0.999. The van der Waals surface area contributed by atoms with E-state index in [1.165, 1.54) is 50.0 Å². The van der Waals surface area contributed by atoms with Gasteiger partial charge in [-0.05, 0) is 68.0 Å². The molecule has 0 fully saturated rings. The average Bonchev–Trinajstić information content (AvgIpc) is 3.00. The highest BCUT2D eigenvalue weighted by Crippen LogP contribution is 2.36. The lowest BCUT2D eigenvalue weighted by molar-refractivity contribution is 0.717. The van der Waals surface area contributed by atoms with Gasteiger partial charge in [0.25, 0.3) is 0 Å². The van der Waals surface area contributed by atoms with Crippen molar-refractivity contribution in [3.8, 4) is 0 Å². The second-order valence-electron chi connectivity index (χ2n) is 8.83. The molecule has 5 rings (SSSR count). The molecule has 0 amide bonds. The highest BCUT2D eigenvalue weighted by molar-refractivity contribution is 6.30. The maximum absolute atomic E-state index is 6.54. The summed E-state index contributed by atoms with van der Waals surface area (Å²) < 4.78 is 2.44. The van der Waals surface area contributed by atoms with Crippen molar-refractivity contribution in [3.63, 3.8) is 0 Å². The Morgan fingerprint density at radius 1 is 0.968 bits per heavy atom. The molecule has 2 aromatic heterocycles. The minimum absolute atomic E-state index is 0.563. The molecule has 0 unspecified atom stereocenters. The Morgan fingerprint density at radius 2 is 1.74 bits per heavy atom. The van der Waals surface area contributed by atoms with Crippen LogP contribution in [0.2, 0.25) is 5.15 Å². The molecule has 31 heavy (non-hydrogen) atoms. The van der Waals surface area contributed by atoms with Crippen LogP contribution in [0.15, 0.2) is 48.5 Å². The maximum Gasteiger partial charge on any atom is 0.155 e. The second kappa shape index (κ2) is 7.72. The van der Waals surface area contributed by atoms with Gasteiger partial charge >= 0.3 is 0 Å². The summed E-state index contributed by atoms with van der Waals surface area (Å²) in [7, 11) is 0. The van der Waals surface area contributed by atoms with Gasteiger partial charge < -0.3 is 9.47 Å². The van der Waals surface area contributed by atoms with Crippen molar-refractivity contribution in [2.24, 2.45) is 0 Å². The van der Waals surface area contributed by atoms with E-state index in [4.69, 9.17) is 16.6 Å². The van der Waals surface area contributed by atoms with Crippen molar-refractivity contribution >= 4 is 28.3 Å². The van der Waals surface area contributed by atoms with Gasteiger partial charge in [-0.1, -0.05) is 59.6 Å². The van der Waals surface area contributed by atoms with E-state index >= 15 is 0 Å². The number of aryl methyl sites for hydroxylation is 3. The van der Waals surface area contributed by atoms with Crippen LogP contribution >= 0.6 is 11.6 Å². The number of fused-ring (bicyclic) bond motifs is 2. The highest BCUT2D eigenvalue weighted by Gasteiger charge is 2.24. The first-order valence-electron chi connectivity index (χ1n) is 11.0. The third-order valence-electron chi connectivity index (χ3n) is 6.83. The molecule has 3 heterocycles. The van der Waals surface area contributed by atoms with Gasteiger partial charge in [-0.15, -0.1) is 0 Å². The van der Waals surface area contributed by atoms with Crippen LogP contribution in [0.25, 0.3) is 10.9 Å². The van der Waals surface area contributed by atoms with Crippen LogP contribution in [0, 0.1) is 27.7 Å². The number of pyridine rings is 1. The van der Waals surface area contributed by atoms with Crippen LogP contribution in [0.4, 0.5) is 5.82 Å². The molecule has 4 heteroatoms. The number of nitrogens with zero attached hydrogens (tertiary/aromatic N) is 3. The molecule has 4 aromatic rings. The first kappa shape index (κ1) is 20.1. The lowest BCUT2D eigenvalue weighted by Gasteiger charge is -2.31. The van der Waals surface area contributed by atoms with E-state index in [1.54, 1.807) is 0 Å². The van der Waals surface area contributed by atoms with Gasteiger partial charge in [0.05, 0.1) is 5.52 Å². The zero-order valence-electron chi connectivity index (χ0n) is 18.7. The van der Waals surface area contributed by atoms with Crippen molar-refractivity contribution in [2.75, 3.05) is 11.4 Å². The fourth-order valence-electron chi connectivity index (χ4n) is 4.85. The van der Waals surface area contributed by atoms with E-state index in [0.29, 0.717) is 5.15 Å². The standard InChI is InChI=1S/C27H28ClN3/c1-17-9-10-18(2)23(13-17)16-31-20(4)19(3)24-14-25(28)29-27(26(24)31)30-12-11-21-7-5-6-8-22(21)15-30/h5-10,13-14H,11-12,15-16H2,1-4H3. The van der Waals surface area contributed by atoms with E-state index in [2.05, 4.69) is 79.6 Å². The molecule has 0 bridgehead atoms. The van der Waals surface area contributed by atoms with Gasteiger partial charge in [-0.3, -0.25) is 0 Å². The number of hydrogen-bond donors (Lipinski definition) is 0. The van der Waals surface area contributed by atoms with Crippen molar-refractivity contribution in [2.45, 2.75) is 47.2 Å². The molecule has 0 saturated heterocycles. The van der Waals surface area contributed by atoms with Gasteiger partial charge in [0, 0.05) is 30.7 Å². The quantitative estimate of drug-likeness (QED) is 0.345. The maximum atomic E-state index is 6.54. The fraction of sp³-hybridized carbons (Fsp3) is 0.296. The average molecular weight is 430 g/mol. The molecule has 1 aliphatic heterocycles. The number of benzene rings is 2. The summed E-state index contributed by atoms with van der Waals surface area (Å²) in [6, 6.07) is 17.5. The van der Waals surface area contributed by atoms with Gasteiger partial charge in [-0.25, -0.2) is 4.98 Å². The SMILES string of the molecule is Cc1ccc(C)c(Cn2c(C)c(C)c3cc(Cl)nc(N4CCc5ccccc5C4)c32)c1. The Labute approximate surface area is 189 Å². The molecule has 0 atom stereocenters. The van der Waals surface area contributed by atoms with Crippen molar-refractivity contribution in [1.82, 2.24) is 9.55 Å². The summed E-state index contributed by atoms with van der Waals surface area (Å²) >= 11 is 6.54. The molecule has 0 saturated carbocycles. The Hall–Kier alpha value is -2.78. The van der Waals surface area contributed by atoms with E-state index in [9.17, 15) is 0 Å². The molecule has 3 nitrogen and oxygen atoms in total. The van der Waals surface area contributed by atoms with Crippen molar-refractivity contribution in [1.29, 1.82) is 0 Å². The van der Waals surface area contributed by atoms with Gasteiger partial charge in [0.15, 0.2) is 5.82 Å². The molecule has 0 radical (unpaired) electrons. The Balaban J connectivity index is 1.67. The van der Waals surface area contributed by atoms with E-state index < -0.39 is 0 Å². The van der Waals surface area contributed by atoms with Crippen LogP contribution in [-0.2, 0) is 19.5 Å². The lowest BCUT2D eigenvalue weighted by Crippen LogP contribution is -2.31. The van der Waals surface area contributed by atoms with Gasteiger partial charge in [0.2, 0.25) is 0 Å². The second-order valence-corrected chi connectivity index (χ2v) is 9.22. The Kier molecular flexibility index (Phi) is 5.02. The third kappa shape index (κ3) is 3.51. The normalized spacial score (nSPS) is 13.6. The first-order valence-corrected chi connectivity index (χ1v) is 11.3. The van der Waals surface area contributed by atoms with E-state index in [-0.39, 0.29) is 0 Å². The topological polar surface area (TPSA) is 21.1 Å². The van der Waals surface area contributed by atoms with E-state index in [0.717, 1.165) is 31.9 Å². The Morgan fingerprint density at radius 3 is 2.55 bits per heavy atom. The molecule has 0 spiro atoms. The fourth-order valence-corrected chi connectivity index (χ4v) is 5.04. The third-order valence-corrected chi connectivity index (χ3v) is 7.02. The number of hydrogen-bond acceptors (Lipinski definition) is 2. The molecule has 158 valence electrons. The van der Waals surface area contributed by atoms with Crippen LogP contribution < -0.4 is 4.90 Å². The molecule has 0 aliphatic carbocycles. The molecule has 2 aromatic carbocycles. The van der Waals surface area contributed by atoms with Gasteiger partial charge in [0.1, 0.15) is 5.15 Å². The zero-order valence-corrected chi connectivity index (χ0v) is 19.4. The minimum atomic E-state index is 0.563. The lowest BCUT2D eigenvalue weighted by atomic mass is 10.00. The van der Waals surface area contributed by atoms with Crippen LogP contribution in [0.3, 0.4) is 0 Å². The first-order chi connectivity index (χ1) is 14.9. The van der Waals surface area contributed by atoms with Crippen molar-refractivity contribution in [3.05, 3.63) is 92.8 Å². The smallest absolute Gasteiger partial charge is 0.155 e. The summed E-state index contributed by atoms with van der Waals surface area (Å²) in [6.45, 7) is 11.4. The predicted molar refractivity (Wildman–Crippen MR) is 130 cm³/mol. The Bertz CT molecular complexity index is 1300. The molecular formula is C27H28ClN3. The zero-order chi connectivity index (χ0) is 21.7. The summed E-state index contributed by atoms with van der Waals surface area (Å²) in [5.41, 5.74) is 10.5.